The van der Waals surface area contributed by atoms with Gasteiger partial charge in [-0.05, 0) is 243 Å². The average molecular weight is 1300 g/mol. The highest BCUT2D eigenvalue weighted by atomic mass is 16.4. The molecule has 8 atom stereocenters. The predicted molar refractivity (Wildman–Crippen MR) is 374 cm³/mol. The molecule has 2 saturated carbocycles. The number of hydrogen-bond acceptors (Lipinski definition) is 9. The smallest absolute Gasteiger partial charge is 0.325 e. The van der Waals surface area contributed by atoms with E-state index in [2.05, 4.69) is 41.3 Å². The van der Waals surface area contributed by atoms with Crippen LogP contribution in [0.25, 0.3) is 0 Å². The van der Waals surface area contributed by atoms with Gasteiger partial charge in [-0.2, -0.15) is 0 Å². The van der Waals surface area contributed by atoms with E-state index in [1.54, 1.807) is 0 Å². The number of pyridine rings is 3. The molecule has 14 heteroatoms. The van der Waals surface area contributed by atoms with Crippen LogP contribution in [0.3, 0.4) is 0 Å². The van der Waals surface area contributed by atoms with Crippen molar-refractivity contribution in [2.45, 2.75) is 209 Å². The molecule has 8 aliphatic rings. The molecule has 508 valence electrons. The third-order valence-corrected chi connectivity index (χ3v) is 23.1. The number of hydrogen-bond donors (Lipinski definition) is 3. The van der Waals surface area contributed by atoms with Crippen LogP contribution < -0.4 is 0 Å². The third kappa shape index (κ3) is 17.2. The maximum absolute atomic E-state index is 13.3. The Morgan fingerprint density at radius 3 is 1.29 bits per heavy atom. The Labute approximate surface area is 569 Å². The molecule has 14 rings (SSSR count). The molecule has 14 nitrogen and oxygen atoms in total. The van der Waals surface area contributed by atoms with Crippen molar-refractivity contribution in [1.82, 2.24) is 29.7 Å². The van der Waals surface area contributed by atoms with Gasteiger partial charge in [0.25, 0.3) is 0 Å². The molecule has 6 heterocycles. The molecule has 6 aromatic rings. The lowest BCUT2D eigenvalue weighted by Crippen LogP contribution is -2.41. The number of amides is 2. The van der Waals surface area contributed by atoms with E-state index >= 15 is 0 Å². The molecule has 96 heavy (non-hydrogen) atoms. The minimum Gasteiger partial charge on any atom is -0.481 e. The number of carboxylic acids is 3. The van der Waals surface area contributed by atoms with Gasteiger partial charge in [-0.3, -0.25) is 43.8 Å². The molecule has 5 aliphatic carbocycles. The molecule has 5 fully saturated rings. The molecule has 3 N–H and O–H groups in total. The van der Waals surface area contributed by atoms with E-state index in [9.17, 15) is 39.3 Å². The van der Waals surface area contributed by atoms with Crippen molar-refractivity contribution in [1.29, 1.82) is 0 Å². The summed E-state index contributed by atoms with van der Waals surface area (Å²) < 4.78 is 0. The van der Waals surface area contributed by atoms with Gasteiger partial charge in [0.2, 0.25) is 11.8 Å². The molecule has 0 bridgehead atoms. The first-order chi connectivity index (χ1) is 46.9. The van der Waals surface area contributed by atoms with Crippen LogP contribution in [-0.2, 0) is 68.9 Å². The second-order valence-corrected chi connectivity index (χ2v) is 29.3. The van der Waals surface area contributed by atoms with Gasteiger partial charge in [0, 0.05) is 90.6 Å². The van der Waals surface area contributed by atoms with E-state index in [4.69, 9.17) is 15.0 Å². The Bertz CT molecular complexity index is 3410. The average Bonchev–Trinajstić information content (AvgIpc) is 1.64. The number of benzene rings is 3. The second kappa shape index (κ2) is 33.1. The molecule has 3 unspecified atom stereocenters. The Morgan fingerprint density at radius 2 is 0.844 bits per heavy atom. The summed E-state index contributed by atoms with van der Waals surface area (Å²) >= 11 is 0. The first-order valence-corrected chi connectivity index (χ1v) is 37.0. The number of aryl methyl sites for hydroxylation is 7. The monoisotopic (exact) mass is 1300 g/mol. The number of aliphatic carboxylic acids is 3. The number of unbranched alkanes of at least 4 members (excludes halogenated alkanes) is 2. The maximum Gasteiger partial charge on any atom is 0.325 e. The Morgan fingerprint density at radius 1 is 0.417 bits per heavy atom. The number of carboxylic acid groups (broad SMARTS) is 3. The van der Waals surface area contributed by atoms with Crippen molar-refractivity contribution >= 4 is 29.7 Å². The van der Waals surface area contributed by atoms with E-state index in [0.29, 0.717) is 30.6 Å². The molecule has 2 amide bonds. The lowest BCUT2D eigenvalue weighted by Gasteiger charge is -2.34. The van der Waals surface area contributed by atoms with Crippen molar-refractivity contribution in [2.24, 2.45) is 29.6 Å². The summed E-state index contributed by atoms with van der Waals surface area (Å²) in [4.78, 5) is 83.6. The van der Waals surface area contributed by atoms with Gasteiger partial charge in [-0.15, -0.1) is 0 Å². The zero-order chi connectivity index (χ0) is 66.3. The normalized spacial score (nSPS) is 23.0. The van der Waals surface area contributed by atoms with Gasteiger partial charge in [-0.25, -0.2) is 0 Å². The SMILES string of the molecule is O=C(O)C(c1ccccc1)N1CC[C@@H](CCCCCc2ccc3c(n2)CCCC3)C1.O=C(O)[C@@H](c1ccccc1)C1CC[C@@H](C(=O)N2CCC(c3ccc4c(n3)CCCC4)CC2)C1.O=C(O)[C@H](c1ccccc1)C1CC[C@@H](C(=O)N2CCC(c3ccc4c(n3)CCCC4)CC2)C1. The number of nitrogens with zero attached hydrogens (tertiary/aromatic N) is 6. The van der Waals surface area contributed by atoms with E-state index < -0.39 is 35.8 Å². The Balaban J connectivity index is 0.000000138. The van der Waals surface area contributed by atoms with E-state index in [1.807, 2.05) is 101 Å². The van der Waals surface area contributed by atoms with Gasteiger partial charge in [0.15, 0.2) is 0 Å². The van der Waals surface area contributed by atoms with Gasteiger partial charge in [-0.1, -0.05) is 122 Å². The van der Waals surface area contributed by atoms with Gasteiger partial charge in [0.1, 0.15) is 6.04 Å². The van der Waals surface area contributed by atoms with E-state index in [1.165, 1.54) is 121 Å². The molecule has 0 spiro atoms. The number of aromatic nitrogens is 3. The highest BCUT2D eigenvalue weighted by Gasteiger charge is 2.43. The molecular weight excluding hydrogens is 1200 g/mol. The summed E-state index contributed by atoms with van der Waals surface area (Å²) in [6, 6.07) is 41.6. The van der Waals surface area contributed by atoms with Crippen molar-refractivity contribution < 1.29 is 39.3 Å². The molecular formula is C82H102N6O8. The summed E-state index contributed by atoms with van der Waals surface area (Å²) in [7, 11) is 0. The Kier molecular flexibility index (Phi) is 23.6. The van der Waals surface area contributed by atoms with E-state index in [0.717, 1.165) is 152 Å². The number of piperidine rings is 2. The third-order valence-electron chi connectivity index (χ3n) is 23.1. The van der Waals surface area contributed by atoms with Gasteiger partial charge in [0.05, 0.1) is 11.8 Å². The van der Waals surface area contributed by atoms with Crippen LogP contribution in [0, 0.1) is 29.6 Å². The standard InChI is InChI=1S/2C28H34N2O3.C26H34N2O2/c2*31-27(23-11-10-22(18-23)26(28(32)33)21-7-2-1-3-8-21)30-16-14-20(15-17-30)25-13-12-19-6-4-5-9-24(19)29-25;29-26(30)25(22-11-4-2-5-12-22)28-18-17-20(19-28)9-3-1-6-13-23-16-15-21-10-7-8-14-24(21)27-23/h2*1-3,7-8,12-13,20,22-23,26H,4-6,9-11,14-18H2,(H,32,33);2,4-5,11-12,15-16,20,25H,1,3,6-10,13-14,17-19H2,(H,29,30)/t22?,23-,26+;22?,23-,26-;20-,25?/m111/s1. The fourth-order valence-electron chi connectivity index (χ4n) is 17.8. The summed E-state index contributed by atoms with van der Waals surface area (Å²) in [5, 5.41) is 29.5. The largest absolute Gasteiger partial charge is 0.481 e. The molecule has 3 aromatic heterocycles. The maximum atomic E-state index is 13.3. The van der Waals surface area contributed by atoms with Crippen LogP contribution in [0.15, 0.2) is 127 Å². The fourth-order valence-corrected chi connectivity index (χ4v) is 17.8. The van der Waals surface area contributed by atoms with Crippen molar-refractivity contribution in [3.05, 3.63) is 195 Å². The number of carbonyl (C=O) groups is 5. The second-order valence-electron chi connectivity index (χ2n) is 29.3. The molecule has 3 aromatic carbocycles. The first-order valence-electron chi connectivity index (χ1n) is 37.0. The quantitative estimate of drug-likeness (QED) is 0.0651. The van der Waals surface area contributed by atoms with Crippen LogP contribution in [0.5, 0.6) is 0 Å². The molecule has 3 aliphatic heterocycles. The number of fused-ring (bicyclic) bond motifs is 3. The zero-order valence-electron chi connectivity index (χ0n) is 56.5. The minimum atomic E-state index is -0.780. The van der Waals surface area contributed by atoms with Crippen molar-refractivity contribution in [3.63, 3.8) is 0 Å². The lowest BCUT2D eigenvalue weighted by atomic mass is 9.84. The molecule has 0 radical (unpaired) electrons. The minimum absolute atomic E-state index is 0.0242. The predicted octanol–water partition coefficient (Wildman–Crippen LogP) is 15.1. The number of carbonyl (C=O) groups excluding carboxylic acids is 2. The zero-order valence-corrected chi connectivity index (χ0v) is 56.5. The van der Waals surface area contributed by atoms with Crippen molar-refractivity contribution in [2.75, 3.05) is 39.3 Å². The highest BCUT2D eigenvalue weighted by Crippen LogP contribution is 2.44. The van der Waals surface area contributed by atoms with Crippen molar-refractivity contribution in [3.8, 4) is 0 Å². The van der Waals surface area contributed by atoms with Crippen LogP contribution in [0.2, 0.25) is 0 Å². The molecule has 3 saturated heterocycles. The van der Waals surface area contributed by atoms with Crippen LogP contribution in [-0.4, -0.2) is 114 Å². The fraction of sp³-hybridized carbons (Fsp3) is 0.537. The van der Waals surface area contributed by atoms with Gasteiger partial charge >= 0.3 is 17.9 Å². The number of rotatable bonds is 19. The van der Waals surface area contributed by atoms with Crippen LogP contribution >= 0.6 is 0 Å². The van der Waals surface area contributed by atoms with E-state index in [-0.39, 0.29) is 35.5 Å². The van der Waals surface area contributed by atoms with Crippen LogP contribution in [0.4, 0.5) is 0 Å². The Hall–Kier alpha value is -7.58. The summed E-state index contributed by atoms with van der Waals surface area (Å²) in [5.74, 6) is -1.43. The van der Waals surface area contributed by atoms with Gasteiger partial charge < -0.3 is 25.1 Å². The number of likely N-dealkylation sites (tertiary alicyclic amines) is 3. The first kappa shape index (κ1) is 68.4. The summed E-state index contributed by atoms with van der Waals surface area (Å²) in [6.45, 7) is 4.91. The summed E-state index contributed by atoms with van der Waals surface area (Å²) in [6.07, 6.45) is 30.0. The van der Waals surface area contributed by atoms with Crippen LogP contribution in [0.1, 0.15) is 232 Å². The topological polar surface area (TPSA) is 194 Å². The lowest BCUT2D eigenvalue weighted by molar-refractivity contribution is -0.143. The highest BCUT2D eigenvalue weighted by molar-refractivity contribution is 5.82. The summed E-state index contributed by atoms with van der Waals surface area (Å²) in [5.41, 5.74) is 14.5.